The van der Waals surface area contributed by atoms with Crippen molar-refractivity contribution in [1.29, 1.82) is 0 Å². The molecule has 2 atom stereocenters. The lowest BCUT2D eigenvalue weighted by molar-refractivity contribution is -0.289. The Kier molecular flexibility index (Phi) is 24.9. The Hall–Kier alpha value is -3.34. The van der Waals surface area contributed by atoms with Gasteiger partial charge in [-0.05, 0) is 131 Å². The maximum absolute atomic E-state index is 6.55. The van der Waals surface area contributed by atoms with Gasteiger partial charge in [0.05, 0.1) is 13.2 Å². The molecule has 0 bridgehead atoms. The highest BCUT2D eigenvalue weighted by Gasteiger charge is 2.49. The lowest BCUT2D eigenvalue weighted by Gasteiger charge is -2.55. The molecule has 2 fully saturated rings. The smallest absolute Gasteiger partial charge is 0.229 e. The Morgan fingerprint density at radius 1 is 0.443 bits per heavy atom. The molecule has 8 N–H and O–H groups in total. The Bertz CT molecular complexity index is 1600. The van der Waals surface area contributed by atoms with E-state index >= 15 is 0 Å². The molecule has 0 saturated carbocycles. The van der Waals surface area contributed by atoms with Gasteiger partial charge in [0.25, 0.3) is 0 Å². The van der Waals surface area contributed by atoms with Crippen LogP contribution >= 0.6 is 0 Å². The molecular formula is C54H104N14O2. The molecular weight excluding hydrogens is 877 g/mol. The first-order chi connectivity index (χ1) is 33.3. The number of nitrogens with zero attached hydrogens (tertiary/aromatic N) is 8. The third kappa shape index (κ3) is 19.6. The van der Waals surface area contributed by atoms with Crippen LogP contribution in [0, 0.1) is 11.8 Å². The van der Waals surface area contributed by atoms with Crippen LogP contribution in [0.1, 0.15) is 237 Å². The fourth-order valence-corrected chi connectivity index (χ4v) is 11.9. The Morgan fingerprint density at radius 3 is 1.10 bits per heavy atom. The summed E-state index contributed by atoms with van der Waals surface area (Å²) in [6, 6.07) is 0.409. The van der Waals surface area contributed by atoms with Crippen molar-refractivity contribution in [2.75, 3.05) is 59.0 Å². The zero-order valence-corrected chi connectivity index (χ0v) is 46.7. The molecule has 2 aromatic rings. The fourth-order valence-electron chi connectivity index (χ4n) is 11.9. The second-order valence-corrected chi connectivity index (χ2v) is 23.4. The molecule has 2 aliphatic heterocycles. The average molecular weight is 982 g/mol. The van der Waals surface area contributed by atoms with Crippen molar-refractivity contribution in [3.05, 3.63) is 0 Å². The van der Waals surface area contributed by atoms with Gasteiger partial charge in [0.1, 0.15) is 0 Å². The van der Waals surface area contributed by atoms with E-state index < -0.39 is 0 Å². The number of hydroxylamine groups is 4. The minimum absolute atomic E-state index is 0.111. The Balaban J connectivity index is 1.21. The number of anilines is 6. The summed E-state index contributed by atoms with van der Waals surface area (Å²) >= 11 is 0. The number of hydrogen-bond donors (Lipinski definition) is 6. The van der Waals surface area contributed by atoms with E-state index in [2.05, 4.69) is 134 Å². The summed E-state index contributed by atoms with van der Waals surface area (Å²) in [5, 5.41) is 18.8. The minimum Gasteiger partial charge on any atom is -0.368 e. The van der Waals surface area contributed by atoms with Crippen molar-refractivity contribution in [3.63, 3.8) is 0 Å². The van der Waals surface area contributed by atoms with E-state index in [0.29, 0.717) is 35.6 Å². The van der Waals surface area contributed by atoms with Crippen molar-refractivity contribution in [1.82, 2.24) is 40.0 Å². The van der Waals surface area contributed by atoms with Crippen LogP contribution in [0.4, 0.5) is 35.7 Å². The molecule has 2 aromatic heterocycles. The second kappa shape index (κ2) is 29.4. The van der Waals surface area contributed by atoms with Crippen molar-refractivity contribution in [2.45, 2.75) is 271 Å². The third-order valence-corrected chi connectivity index (χ3v) is 14.6. The first-order valence-corrected chi connectivity index (χ1v) is 28.2. The van der Waals surface area contributed by atoms with Crippen LogP contribution in [-0.2, 0) is 9.68 Å². The zero-order valence-electron chi connectivity index (χ0n) is 46.7. The molecule has 16 nitrogen and oxygen atoms in total. The molecule has 0 aromatic carbocycles. The summed E-state index contributed by atoms with van der Waals surface area (Å²) in [6.45, 7) is 30.7. The van der Waals surface area contributed by atoms with Crippen LogP contribution < -0.4 is 32.7 Å². The van der Waals surface area contributed by atoms with Gasteiger partial charge in [-0.15, -0.1) is 0 Å². The lowest BCUT2D eigenvalue weighted by Crippen LogP contribution is -2.62. The number of rotatable bonds is 35. The summed E-state index contributed by atoms with van der Waals surface area (Å²) in [7, 11) is 0. The van der Waals surface area contributed by atoms with E-state index in [4.69, 9.17) is 31.1 Å². The fraction of sp³-hybridized carbons (Fsp3) is 0.889. The zero-order chi connectivity index (χ0) is 51.2. The van der Waals surface area contributed by atoms with Gasteiger partial charge in [0.15, 0.2) is 0 Å². The molecule has 0 aliphatic carbocycles. The van der Waals surface area contributed by atoms with Gasteiger partial charge in [0.2, 0.25) is 35.7 Å². The van der Waals surface area contributed by atoms with Crippen LogP contribution in [0.25, 0.3) is 0 Å². The SMILES string of the molecule is CCCCCCCCON1C(C)(C)CC(C(CCC)Nc2nc(N)nc(NCCCCCCNc3nc(N)nc(NC(CCC)C4CC(C)(C)N(OCCCCCCCC)C(C)(C)C4)n3)n2)CC1(C)C. The molecule has 0 amide bonds. The number of hydrogen-bond acceptors (Lipinski definition) is 16. The number of aromatic nitrogens is 6. The molecule has 70 heavy (non-hydrogen) atoms. The quantitative estimate of drug-likeness (QED) is 0.0356. The molecule has 2 aliphatic rings. The Morgan fingerprint density at radius 2 is 0.757 bits per heavy atom. The van der Waals surface area contributed by atoms with E-state index in [-0.39, 0.29) is 46.1 Å². The molecule has 402 valence electrons. The highest BCUT2D eigenvalue weighted by molar-refractivity contribution is 5.42. The average Bonchev–Trinajstić information content (AvgIpc) is 3.26. The second-order valence-electron chi connectivity index (χ2n) is 23.4. The number of piperidine rings is 2. The van der Waals surface area contributed by atoms with E-state index in [0.717, 1.165) is 116 Å². The standard InChI is InChI=1S/C54H104N14O2/c1-13-17-19-21-25-29-35-69-67-51(5,6)37-41(38-52(67,7)8)43(31-15-3)59-49-63-45(55)61-47(65-49)57-33-27-23-24-28-34-58-48-62-46(56)64-50(66-48)60-44(32-16-4)42-39-53(9,10)68(54(11,12)40-42)70-36-30-26-22-20-18-14-2/h41-44H,13-40H2,1-12H3,(H4,55,57,59,61,63,65)(H4,56,58,60,62,64,66). The van der Waals surface area contributed by atoms with Gasteiger partial charge < -0.3 is 32.7 Å². The number of unbranched alkanes of at least 4 members (excludes halogenated alkanes) is 13. The van der Waals surface area contributed by atoms with Crippen LogP contribution in [0.3, 0.4) is 0 Å². The van der Waals surface area contributed by atoms with Crippen LogP contribution in [0.2, 0.25) is 0 Å². The number of nitrogens with two attached hydrogens (primary N) is 2. The first-order valence-electron chi connectivity index (χ1n) is 28.2. The summed E-state index contributed by atoms with van der Waals surface area (Å²) < 4.78 is 0. The summed E-state index contributed by atoms with van der Waals surface area (Å²) in [5.41, 5.74) is 12.1. The van der Waals surface area contributed by atoms with Crippen molar-refractivity contribution in [2.24, 2.45) is 11.8 Å². The van der Waals surface area contributed by atoms with E-state index in [1.54, 1.807) is 0 Å². The molecule has 16 heteroatoms. The highest BCUT2D eigenvalue weighted by Crippen LogP contribution is 2.45. The molecule has 2 unspecified atom stereocenters. The van der Waals surface area contributed by atoms with Crippen LogP contribution in [-0.4, -0.2) is 101 Å². The Labute approximate surface area is 426 Å². The van der Waals surface area contributed by atoms with Gasteiger partial charge in [-0.2, -0.15) is 40.0 Å². The molecule has 2 saturated heterocycles. The van der Waals surface area contributed by atoms with Gasteiger partial charge in [-0.1, -0.05) is 118 Å². The van der Waals surface area contributed by atoms with Gasteiger partial charge in [0, 0.05) is 47.3 Å². The monoisotopic (exact) mass is 981 g/mol. The summed E-state index contributed by atoms with van der Waals surface area (Å²) in [4.78, 5) is 40.6. The lowest BCUT2D eigenvalue weighted by atomic mass is 9.71. The third-order valence-electron chi connectivity index (χ3n) is 14.6. The van der Waals surface area contributed by atoms with E-state index in [1.807, 2.05) is 0 Å². The topological polar surface area (TPSA) is 202 Å². The molecule has 4 rings (SSSR count). The van der Waals surface area contributed by atoms with Crippen LogP contribution in [0.15, 0.2) is 0 Å². The van der Waals surface area contributed by atoms with Crippen molar-refractivity contribution in [3.8, 4) is 0 Å². The van der Waals surface area contributed by atoms with Crippen molar-refractivity contribution >= 4 is 35.7 Å². The van der Waals surface area contributed by atoms with E-state index in [9.17, 15) is 0 Å². The van der Waals surface area contributed by atoms with Gasteiger partial charge >= 0.3 is 0 Å². The number of nitrogens with one attached hydrogen (secondary N) is 4. The van der Waals surface area contributed by atoms with Gasteiger partial charge in [-0.25, -0.2) is 0 Å². The normalized spacial score (nSPS) is 19.2. The van der Waals surface area contributed by atoms with E-state index in [1.165, 1.54) is 64.2 Å². The predicted octanol–water partition coefficient (Wildman–Crippen LogP) is 12.6. The van der Waals surface area contributed by atoms with Crippen molar-refractivity contribution < 1.29 is 9.68 Å². The predicted molar refractivity (Wildman–Crippen MR) is 293 cm³/mol. The molecule has 4 heterocycles. The molecule has 0 radical (unpaired) electrons. The summed E-state index contributed by atoms with van der Waals surface area (Å²) in [5.74, 6) is 3.36. The largest absolute Gasteiger partial charge is 0.368 e. The van der Waals surface area contributed by atoms with Crippen LogP contribution in [0.5, 0.6) is 0 Å². The maximum Gasteiger partial charge on any atom is 0.229 e. The van der Waals surface area contributed by atoms with Gasteiger partial charge in [-0.3, -0.25) is 9.68 Å². The summed E-state index contributed by atoms with van der Waals surface area (Å²) in [6.07, 6.45) is 27.4. The first kappa shape index (κ1) is 59.2. The number of nitrogen functional groups attached to an aromatic ring is 2. The minimum atomic E-state index is -0.111. The highest BCUT2D eigenvalue weighted by atomic mass is 16.7. The maximum atomic E-state index is 6.55. The molecule has 0 spiro atoms.